The molecule has 0 amide bonds. The van der Waals surface area contributed by atoms with E-state index in [0.717, 1.165) is 36.9 Å². The van der Waals surface area contributed by atoms with Gasteiger partial charge in [-0.05, 0) is 49.7 Å². The van der Waals surface area contributed by atoms with Crippen LogP contribution in [0.5, 0.6) is 0 Å². The molecule has 100 valence electrons. The quantitative estimate of drug-likeness (QED) is 0.925. The van der Waals surface area contributed by atoms with E-state index in [-0.39, 0.29) is 6.10 Å². The van der Waals surface area contributed by atoms with Crippen molar-refractivity contribution in [2.24, 2.45) is 5.92 Å². The van der Waals surface area contributed by atoms with Gasteiger partial charge in [-0.2, -0.15) is 0 Å². The Morgan fingerprint density at radius 1 is 1.37 bits per heavy atom. The van der Waals surface area contributed by atoms with Crippen molar-refractivity contribution in [2.75, 3.05) is 0 Å². The van der Waals surface area contributed by atoms with E-state index in [1.807, 2.05) is 11.6 Å². The molecule has 1 aliphatic rings. The van der Waals surface area contributed by atoms with Crippen LogP contribution in [-0.2, 0) is 12.8 Å². The van der Waals surface area contributed by atoms with Gasteiger partial charge in [0.05, 0.1) is 17.3 Å². The van der Waals surface area contributed by atoms with Crippen molar-refractivity contribution in [1.82, 2.24) is 4.98 Å². The van der Waals surface area contributed by atoms with Gasteiger partial charge in [-0.1, -0.05) is 24.3 Å². The average Bonchev–Trinajstić information content (AvgIpc) is 2.84. The van der Waals surface area contributed by atoms with Crippen LogP contribution in [0, 0.1) is 12.8 Å². The third-order valence-corrected chi connectivity index (χ3v) is 5.19. The molecule has 19 heavy (non-hydrogen) atoms. The molecule has 0 radical (unpaired) electrons. The second kappa shape index (κ2) is 5.43. The van der Waals surface area contributed by atoms with Crippen LogP contribution in [-0.4, -0.2) is 10.1 Å². The maximum atomic E-state index is 10.5. The van der Waals surface area contributed by atoms with Crippen LogP contribution in [0.3, 0.4) is 0 Å². The van der Waals surface area contributed by atoms with E-state index < -0.39 is 0 Å². The molecule has 1 aromatic carbocycles. The first kappa shape index (κ1) is 12.8. The second-order valence-corrected chi connectivity index (χ2v) is 6.28. The fourth-order valence-electron chi connectivity index (χ4n) is 2.99. The molecule has 1 N–H and O–H groups in total. The van der Waals surface area contributed by atoms with Crippen molar-refractivity contribution < 1.29 is 5.11 Å². The van der Waals surface area contributed by atoms with Crippen LogP contribution in [0.2, 0.25) is 0 Å². The molecule has 0 saturated carbocycles. The van der Waals surface area contributed by atoms with E-state index in [2.05, 4.69) is 30.1 Å². The van der Waals surface area contributed by atoms with Crippen LogP contribution >= 0.6 is 11.3 Å². The van der Waals surface area contributed by atoms with E-state index >= 15 is 0 Å². The Bertz CT molecular complexity index is 563. The van der Waals surface area contributed by atoms with E-state index in [1.54, 1.807) is 11.3 Å². The number of hydrogen-bond donors (Lipinski definition) is 1. The Labute approximate surface area is 118 Å². The lowest BCUT2D eigenvalue weighted by atomic mass is 9.79. The largest absolute Gasteiger partial charge is 0.388 e. The van der Waals surface area contributed by atoms with E-state index in [4.69, 9.17) is 0 Å². The van der Waals surface area contributed by atoms with Gasteiger partial charge >= 0.3 is 0 Å². The summed E-state index contributed by atoms with van der Waals surface area (Å²) in [6.07, 6.45) is 3.99. The number of hydrogen-bond acceptors (Lipinski definition) is 3. The third kappa shape index (κ3) is 2.58. The zero-order valence-electron chi connectivity index (χ0n) is 11.2. The lowest BCUT2D eigenvalue weighted by Crippen LogP contribution is -2.21. The maximum absolute atomic E-state index is 10.5. The molecular weight excluding hydrogens is 254 g/mol. The molecule has 1 heterocycles. The summed E-state index contributed by atoms with van der Waals surface area (Å²) in [6, 6.07) is 8.30. The van der Waals surface area contributed by atoms with E-state index in [0.29, 0.717) is 5.92 Å². The fraction of sp³-hybridized carbons (Fsp3) is 0.438. The van der Waals surface area contributed by atoms with Gasteiger partial charge in [-0.15, -0.1) is 11.3 Å². The Kier molecular flexibility index (Phi) is 3.67. The van der Waals surface area contributed by atoms with Gasteiger partial charge in [0.15, 0.2) is 0 Å². The molecule has 2 nitrogen and oxygen atoms in total. The van der Waals surface area contributed by atoms with Crippen LogP contribution in [0.25, 0.3) is 0 Å². The fourth-order valence-corrected chi connectivity index (χ4v) is 3.78. The second-order valence-electron chi connectivity index (χ2n) is 5.34. The number of aromatic nitrogens is 1. The summed E-state index contributed by atoms with van der Waals surface area (Å²) in [5, 5.41) is 10.5. The summed E-state index contributed by atoms with van der Waals surface area (Å²) in [7, 11) is 0. The number of rotatable bonds is 3. The number of benzene rings is 1. The van der Waals surface area contributed by atoms with Gasteiger partial charge in [-0.25, -0.2) is 4.98 Å². The standard InChI is InChI=1S/C16H19NOS/c1-11-15(19-10-17-11)9-8-13-7-6-12-4-2-3-5-14(12)16(13)18/h2-5,10,13,16,18H,6-9H2,1H3. The summed E-state index contributed by atoms with van der Waals surface area (Å²) in [4.78, 5) is 5.66. The number of nitrogens with zero attached hydrogens (tertiary/aromatic N) is 1. The number of aryl methyl sites for hydroxylation is 3. The number of aliphatic hydroxyl groups excluding tert-OH is 1. The van der Waals surface area contributed by atoms with Gasteiger partial charge in [0.25, 0.3) is 0 Å². The van der Waals surface area contributed by atoms with Gasteiger partial charge in [0.1, 0.15) is 0 Å². The molecule has 1 aliphatic carbocycles. The normalized spacial score (nSPS) is 22.2. The molecule has 3 rings (SSSR count). The molecule has 2 aromatic rings. The van der Waals surface area contributed by atoms with Gasteiger partial charge in [0, 0.05) is 4.88 Å². The Morgan fingerprint density at radius 2 is 2.21 bits per heavy atom. The monoisotopic (exact) mass is 273 g/mol. The van der Waals surface area contributed by atoms with Crippen LogP contribution in [0.4, 0.5) is 0 Å². The Balaban J connectivity index is 1.69. The molecule has 0 spiro atoms. The highest BCUT2D eigenvalue weighted by molar-refractivity contribution is 7.09. The lowest BCUT2D eigenvalue weighted by molar-refractivity contribution is 0.0888. The molecule has 0 fully saturated rings. The molecular formula is C16H19NOS. The molecule has 1 aromatic heterocycles. The molecule has 2 unspecified atom stereocenters. The number of thiazole rings is 1. The Morgan fingerprint density at radius 3 is 3.00 bits per heavy atom. The highest BCUT2D eigenvalue weighted by Crippen LogP contribution is 2.37. The minimum atomic E-state index is -0.293. The SMILES string of the molecule is Cc1ncsc1CCC1CCc2ccccc2C1O. The summed E-state index contributed by atoms with van der Waals surface area (Å²) in [5.74, 6) is 0.386. The number of aliphatic hydroxyl groups is 1. The predicted molar refractivity (Wildman–Crippen MR) is 78.4 cm³/mol. The maximum Gasteiger partial charge on any atom is 0.0821 e. The average molecular weight is 273 g/mol. The molecule has 3 heteroatoms. The molecule has 0 aliphatic heterocycles. The van der Waals surface area contributed by atoms with Crippen LogP contribution in [0.1, 0.15) is 40.6 Å². The predicted octanol–water partition coefficient (Wildman–Crippen LogP) is 3.68. The molecule has 2 atom stereocenters. The third-order valence-electron chi connectivity index (χ3n) is 4.19. The van der Waals surface area contributed by atoms with Crippen molar-refractivity contribution >= 4 is 11.3 Å². The van der Waals surface area contributed by atoms with Gasteiger partial charge in [-0.3, -0.25) is 0 Å². The molecule has 0 bridgehead atoms. The summed E-state index contributed by atoms with van der Waals surface area (Å²) >= 11 is 1.73. The van der Waals surface area contributed by atoms with E-state index in [9.17, 15) is 5.11 Å². The summed E-state index contributed by atoms with van der Waals surface area (Å²) in [6.45, 7) is 2.07. The first-order chi connectivity index (χ1) is 9.25. The van der Waals surface area contributed by atoms with Crippen molar-refractivity contribution in [3.8, 4) is 0 Å². The smallest absolute Gasteiger partial charge is 0.0821 e. The Hall–Kier alpha value is -1.19. The number of fused-ring (bicyclic) bond motifs is 1. The van der Waals surface area contributed by atoms with Crippen molar-refractivity contribution in [3.05, 3.63) is 51.5 Å². The molecule has 0 saturated heterocycles. The minimum Gasteiger partial charge on any atom is -0.388 e. The first-order valence-electron chi connectivity index (χ1n) is 6.90. The topological polar surface area (TPSA) is 33.1 Å². The zero-order valence-corrected chi connectivity index (χ0v) is 12.0. The van der Waals surface area contributed by atoms with Gasteiger partial charge < -0.3 is 5.11 Å². The first-order valence-corrected chi connectivity index (χ1v) is 7.78. The summed E-state index contributed by atoms with van der Waals surface area (Å²) in [5.41, 5.74) is 5.52. The van der Waals surface area contributed by atoms with E-state index in [1.165, 1.54) is 10.4 Å². The van der Waals surface area contributed by atoms with Crippen molar-refractivity contribution in [3.63, 3.8) is 0 Å². The van der Waals surface area contributed by atoms with Crippen molar-refractivity contribution in [2.45, 2.75) is 38.7 Å². The minimum absolute atomic E-state index is 0.293. The van der Waals surface area contributed by atoms with Crippen LogP contribution < -0.4 is 0 Å². The van der Waals surface area contributed by atoms with Gasteiger partial charge in [0.2, 0.25) is 0 Å². The van der Waals surface area contributed by atoms with Crippen molar-refractivity contribution in [1.29, 1.82) is 0 Å². The van der Waals surface area contributed by atoms with Crippen LogP contribution in [0.15, 0.2) is 29.8 Å². The zero-order chi connectivity index (χ0) is 13.2. The highest BCUT2D eigenvalue weighted by atomic mass is 32.1. The highest BCUT2D eigenvalue weighted by Gasteiger charge is 2.27. The lowest BCUT2D eigenvalue weighted by Gasteiger charge is -2.30. The summed E-state index contributed by atoms with van der Waals surface area (Å²) < 4.78 is 0.